The van der Waals surface area contributed by atoms with Crippen LogP contribution in [0.15, 0.2) is 54.6 Å². The van der Waals surface area contributed by atoms with Gasteiger partial charge in [-0.25, -0.2) is 0 Å². The second kappa shape index (κ2) is 12.2. The van der Waals surface area contributed by atoms with Crippen LogP contribution in [0.4, 0.5) is 0 Å². The predicted octanol–water partition coefficient (Wildman–Crippen LogP) is 0.614. The van der Waals surface area contributed by atoms with Gasteiger partial charge >= 0.3 is 0 Å². The van der Waals surface area contributed by atoms with Crippen LogP contribution in [0.3, 0.4) is 0 Å². The third-order valence-corrected chi connectivity index (χ3v) is 16.2. The van der Waals surface area contributed by atoms with Crippen LogP contribution in [0.25, 0.3) is 0 Å². The standard InChI is InChI=1S/C26H36O6Si3/c1-26(33-20-14-8-11-17(27-2)23(20)30-5,34-21-15-9-12-18(28-3)24(21)31-6)35-22-16-10-13-19(29-4)25(22)32-7/h8-16H,33-35H2,1-7H3. The van der Waals surface area contributed by atoms with Gasteiger partial charge in [0, 0.05) is 0 Å². The number of ether oxygens (including phenoxy) is 6. The molecule has 0 bridgehead atoms. The average Bonchev–Trinajstić information content (AvgIpc) is 2.87. The third-order valence-electron chi connectivity index (χ3n) is 6.31. The van der Waals surface area contributed by atoms with Crippen molar-refractivity contribution < 1.29 is 28.4 Å². The first-order chi connectivity index (χ1) is 16.9. The van der Waals surface area contributed by atoms with Crippen LogP contribution in [0.1, 0.15) is 6.92 Å². The fourth-order valence-corrected chi connectivity index (χ4v) is 16.2. The third kappa shape index (κ3) is 6.03. The highest BCUT2D eigenvalue weighted by molar-refractivity contribution is 6.92. The van der Waals surface area contributed by atoms with Gasteiger partial charge in [-0.3, -0.25) is 0 Å². The van der Waals surface area contributed by atoms with E-state index >= 15 is 0 Å². The summed E-state index contributed by atoms with van der Waals surface area (Å²) in [6.07, 6.45) is 0. The summed E-state index contributed by atoms with van der Waals surface area (Å²) in [5.74, 6) is 4.90. The van der Waals surface area contributed by atoms with Crippen molar-refractivity contribution in [2.75, 3.05) is 42.7 Å². The Morgan fingerprint density at radius 3 is 0.971 bits per heavy atom. The van der Waals surface area contributed by atoms with Crippen molar-refractivity contribution in [1.29, 1.82) is 0 Å². The van der Waals surface area contributed by atoms with Crippen LogP contribution in [-0.4, -0.2) is 71.2 Å². The molecule has 3 rings (SSSR count). The molecule has 0 radical (unpaired) electrons. The molecule has 188 valence electrons. The molecule has 0 amide bonds. The lowest BCUT2D eigenvalue weighted by Crippen LogP contribution is -2.46. The molecule has 0 spiro atoms. The molecule has 0 fully saturated rings. The van der Waals surface area contributed by atoms with E-state index in [1.807, 2.05) is 18.2 Å². The highest BCUT2D eigenvalue weighted by Crippen LogP contribution is 2.32. The van der Waals surface area contributed by atoms with Crippen molar-refractivity contribution in [2.24, 2.45) is 0 Å². The van der Waals surface area contributed by atoms with Crippen LogP contribution >= 0.6 is 0 Å². The number of methoxy groups -OCH3 is 6. The SMILES string of the molecule is COc1cccc([SiH2]C(C)([SiH2]c2cccc(OC)c2OC)[SiH2]c2cccc(OC)c2OC)c1OC. The van der Waals surface area contributed by atoms with Crippen molar-refractivity contribution in [3.63, 3.8) is 0 Å². The normalized spacial score (nSPS) is 13.5. The molecule has 0 saturated carbocycles. The Bertz CT molecular complexity index is 999. The molecule has 0 N–H and O–H groups in total. The molecule has 0 aliphatic carbocycles. The maximum absolute atomic E-state index is 5.83. The largest absolute Gasteiger partial charge is 0.493 e. The van der Waals surface area contributed by atoms with E-state index < -0.39 is 28.6 Å². The maximum atomic E-state index is 5.83. The first-order valence-corrected chi connectivity index (χ1v) is 15.8. The molecule has 35 heavy (non-hydrogen) atoms. The predicted molar refractivity (Wildman–Crippen MR) is 152 cm³/mol. The first-order valence-electron chi connectivity index (χ1n) is 11.5. The van der Waals surface area contributed by atoms with E-state index in [0.717, 1.165) is 34.5 Å². The number of hydrogen-bond acceptors (Lipinski definition) is 6. The summed E-state index contributed by atoms with van der Waals surface area (Å²) in [5.41, 5.74) is 0. The molecule has 0 heterocycles. The van der Waals surface area contributed by atoms with Crippen LogP contribution in [-0.2, 0) is 0 Å². The van der Waals surface area contributed by atoms with Crippen molar-refractivity contribution in [2.45, 2.75) is 11.2 Å². The second-order valence-corrected chi connectivity index (χ2v) is 20.3. The zero-order valence-corrected chi connectivity index (χ0v) is 26.0. The maximum Gasteiger partial charge on any atom is 0.160 e. The summed E-state index contributed by atoms with van der Waals surface area (Å²) in [7, 11) is 7.79. The first kappa shape index (κ1) is 26.7. The summed E-state index contributed by atoms with van der Waals surface area (Å²) in [5, 5.41) is 3.83. The summed E-state index contributed by atoms with van der Waals surface area (Å²) in [4.78, 5) is 0. The van der Waals surface area contributed by atoms with Gasteiger partial charge in [0.05, 0.1) is 71.2 Å². The lowest BCUT2D eigenvalue weighted by molar-refractivity contribution is 0.357. The molecular formula is C26H36O6Si3. The van der Waals surface area contributed by atoms with E-state index in [1.165, 1.54) is 15.6 Å². The Hall–Kier alpha value is -2.89. The summed E-state index contributed by atoms with van der Waals surface area (Å²) >= 11 is 0. The van der Waals surface area contributed by atoms with Gasteiger partial charge in [0.2, 0.25) is 0 Å². The minimum atomic E-state index is -0.811. The van der Waals surface area contributed by atoms with Gasteiger partial charge in [-0.2, -0.15) is 0 Å². The average molecular weight is 529 g/mol. The molecule has 6 nitrogen and oxygen atoms in total. The molecule has 0 aromatic heterocycles. The lowest BCUT2D eigenvalue weighted by atomic mass is 10.3. The summed E-state index contributed by atoms with van der Waals surface area (Å²) < 4.78 is 34.5. The Kier molecular flexibility index (Phi) is 9.30. The molecule has 9 heteroatoms. The summed E-state index contributed by atoms with van der Waals surface area (Å²) in [6, 6.07) is 18.6. The molecule has 3 aromatic carbocycles. The van der Waals surface area contributed by atoms with Gasteiger partial charge in [0.1, 0.15) is 0 Å². The number of rotatable bonds is 12. The van der Waals surface area contributed by atoms with Gasteiger partial charge < -0.3 is 28.4 Å². The Morgan fingerprint density at radius 2 is 0.743 bits per heavy atom. The van der Waals surface area contributed by atoms with Gasteiger partial charge in [0.15, 0.2) is 34.5 Å². The highest BCUT2D eigenvalue weighted by Gasteiger charge is 2.32. The van der Waals surface area contributed by atoms with Crippen molar-refractivity contribution in [3.8, 4) is 34.5 Å². The topological polar surface area (TPSA) is 55.4 Å². The second-order valence-electron chi connectivity index (χ2n) is 8.80. The molecule has 0 aliphatic heterocycles. The molecule has 0 atom stereocenters. The fraction of sp³-hybridized carbons (Fsp3) is 0.308. The van der Waals surface area contributed by atoms with Gasteiger partial charge in [0.25, 0.3) is 0 Å². The highest BCUT2D eigenvalue weighted by atomic mass is 28.3. The van der Waals surface area contributed by atoms with Gasteiger partial charge in [-0.15, -0.1) is 0 Å². The van der Waals surface area contributed by atoms with Gasteiger partial charge in [-0.05, 0) is 38.0 Å². The Morgan fingerprint density at radius 1 is 0.457 bits per heavy atom. The Labute approximate surface area is 215 Å². The number of para-hydroxylation sites is 3. The van der Waals surface area contributed by atoms with Crippen molar-refractivity contribution >= 4 is 44.1 Å². The van der Waals surface area contributed by atoms with E-state index in [-0.39, 0.29) is 4.28 Å². The minimum absolute atomic E-state index is 0.166. The lowest BCUT2D eigenvalue weighted by Gasteiger charge is -2.31. The minimum Gasteiger partial charge on any atom is -0.493 e. The van der Waals surface area contributed by atoms with E-state index in [9.17, 15) is 0 Å². The quantitative estimate of drug-likeness (QED) is 0.321. The zero-order valence-electron chi connectivity index (χ0n) is 21.8. The van der Waals surface area contributed by atoms with Crippen LogP contribution < -0.4 is 44.0 Å². The molecule has 0 aliphatic rings. The van der Waals surface area contributed by atoms with Gasteiger partial charge in [-0.1, -0.05) is 43.3 Å². The van der Waals surface area contributed by atoms with Crippen molar-refractivity contribution in [3.05, 3.63) is 54.6 Å². The summed E-state index contributed by atoms with van der Waals surface area (Å²) in [6.45, 7) is 2.45. The number of benzene rings is 3. The molecular weight excluding hydrogens is 493 g/mol. The monoisotopic (exact) mass is 528 g/mol. The Balaban J connectivity index is 2.11. The smallest absolute Gasteiger partial charge is 0.160 e. The molecule has 0 saturated heterocycles. The van der Waals surface area contributed by atoms with E-state index in [4.69, 9.17) is 28.4 Å². The zero-order chi connectivity index (χ0) is 25.4. The molecule has 0 unspecified atom stereocenters. The fourth-order valence-electron chi connectivity index (χ4n) is 4.85. The van der Waals surface area contributed by atoms with Crippen LogP contribution in [0, 0.1) is 0 Å². The van der Waals surface area contributed by atoms with Crippen LogP contribution in [0.5, 0.6) is 34.5 Å². The van der Waals surface area contributed by atoms with Crippen molar-refractivity contribution in [1.82, 2.24) is 0 Å². The molecule has 3 aromatic rings. The van der Waals surface area contributed by atoms with E-state index in [0.29, 0.717) is 0 Å². The van der Waals surface area contributed by atoms with Crippen LogP contribution in [0.2, 0.25) is 4.28 Å². The number of hydrogen-bond donors (Lipinski definition) is 0. The van der Waals surface area contributed by atoms with E-state index in [2.05, 4.69) is 43.3 Å². The van der Waals surface area contributed by atoms with E-state index in [1.54, 1.807) is 42.7 Å².